The topological polar surface area (TPSA) is 48.5 Å². The molecule has 138 valence electrons. The standard InChI is InChI=1S/C21H28N4O/c1-21(2,3)18-7-5-6-8-19(18)23-17-13-16(14-22-15-17)20(26)25-11-9-24(4)10-12-25/h5-8,13-15,23H,9-12H2,1-4H3. The van der Waals surface area contributed by atoms with E-state index in [9.17, 15) is 4.79 Å². The summed E-state index contributed by atoms with van der Waals surface area (Å²) in [6, 6.07) is 10.2. The van der Waals surface area contributed by atoms with Gasteiger partial charge in [-0.2, -0.15) is 0 Å². The van der Waals surface area contributed by atoms with Gasteiger partial charge in [-0.15, -0.1) is 0 Å². The van der Waals surface area contributed by atoms with E-state index in [1.54, 1.807) is 12.4 Å². The SMILES string of the molecule is CN1CCN(C(=O)c2cncc(Nc3ccccc3C(C)(C)C)c2)CC1. The molecule has 0 bridgehead atoms. The lowest BCUT2D eigenvalue weighted by molar-refractivity contribution is 0.0663. The number of para-hydroxylation sites is 1. The molecule has 1 aromatic heterocycles. The van der Waals surface area contributed by atoms with Crippen molar-refractivity contribution < 1.29 is 4.79 Å². The summed E-state index contributed by atoms with van der Waals surface area (Å²) in [5.41, 5.74) is 3.78. The number of hydrogen-bond acceptors (Lipinski definition) is 4. The molecule has 0 aliphatic carbocycles. The Labute approximate surface area is 156 Å². The molecule has 5 heteroatoms. The van der Waals surface area contributed by atoms with Crippen LogP contribution in [0.4, 0.5) is 11.4 Å². The van der Waals surface area contributed by atoms with Crippen LogP contribution in [0, 0.1) is 0 Å². The Morgan fingerprint density at radius 3 is 2.46 bits per heavy atom. The second kappa shape index (κ2) is 7.46. The van der Waals surface area contributed by atoms with E-state index in [0.717, 1.165) is 37.6 Å². The lowest BCUT2D eigenvalue weighted by atomic mass is 9.86. The first-order chi connectivity index (χ1) is 12.3. The third-order valence-corrected chi connectivity index (χ3v) is 4.79. The van der Waals surface area contributed by atoms with E-state index in [4.69, 9.17) is 0 Å². The number of piperazine rings is 1. The Kier molecular flexibility index (Phi) is 5.28. The third-order valence-electron chi connectivity index (χ3n) is 4.79. The highest BCUT2D eigenvalue weighted by Gasteiger charge is 2.21. The molecule has 1 aliphatic heterocycles. The Morgan fingerprint density at radius 1 is 1.08 bits per heavy atom. The number of nitrogens with one attached hydrogen (secondary N) is 1. The highest BCUT2D eigenvalue weighted by Crippen LogP contribution is 2.31. The second-order valence-corrected chi connectivity index (χ2v) is 7.98. The van der Waals surface area contributed by atoms with Crippen LogP contribution in [0.1, 0.15) is 36.7 Å². The number of amides is 1. The summed E-state index contributed by atoms with van der Waals surface area (Å²) in [7, 11) is 2.08. The summed E-state index contributed by atoms with van der Waals surface area (Å²) in [5.74, 6) is 0.0540. The van der Waals surface area contributed by atoms with Crippen molar-refractivity contribution in [3.05, 3.63) is 53.9 Å². The van der Waals surface area contributed by atoms with E-state index in [1.807, 2.05) is 17.0 Å². The van der Waals surface area contributed by atoms with Crippen molar-refractivity contribution in [3.8, 4) is 0 Å². The number of benzene rings is 1. The fourth-order valence-corrected chi connectivity index (χ4v) is 3.22. The first-order valence-electron chi connectivity index (χ1n) is 9.14. The number of anilines is 2. The Balaban J connectivity index is 1.79. The molecule has 1 aromatic carbocycles. The van der Waals surface area contributed by atoms with E-state index < -0.39 is 0 Å². The average molecular weight is 352 g/mol. The highest BCUT2D eigenvalue weighted by molar-refractivity contribution is 5.95. The molecule has 0 radical (unpaired) electrons. The van der Waals surface area contributed by atoms with Crippen LogP contribution in [-0.4, -0.2) is 53.9 Å². The first-order valence-corrected chi connectivity index (χ1v) is 9.14. The van der Waals surface area contributed by atoms with Gasteiger partial charge in [-0.1, -0.05) is 39.0 Å². The van der Waals surface area contributed by atoms with Crippen molar-refractivity contribution in [2.45, 2.75) is 26.2 Å². The predicted molar refractivity (Wildman–Crippen MR) is 106 cm³/mol. The van der Waals surface area contributed by atoms with Gasteiger partial charge in [0, 0.05) is 38.1 Å². The predicted octanol–water partition coefficient (Wildman–Crippen LogP) is 3.51. The van der Waals surface area contributed by atoms with Crippen LogP contribution < -0.4 is 5.32 Å². The van der Waals surface area contributed by atoms with Crippen molar-refractivity contribution in [1.29, 1.82) is 0 Å². The molecular weight excluding hydrogens is 324 g/mol. The molecule has 1 amide bonds. The van der Waals surface area contributed by atoms with Crippen LogP contribution in [-0.2, 0) is 5.41 Å². The molecule has 0 unspecified atom stereocenters. The molecule has 2 aromatic rings. The summed E-state index contributed by atoms with van der Waals surface area (Å²) < 4.78 is 0. The Morgan fingerprint density at radius 2 is 1.77 bits per heavy atom. The molecule has 1 saturated heterocycles. The summed E-state index contributed by atoms with van der Waals surface area (Å²) in [4.78, 5) is 21.2. The van der Waals surface area contributed by atoms with Gasteiger partial charge in [0.2, 0.25) is 0 Å². The molecule has 0 saturated carbocycles. The van der Waals surface area contributed by atoms with Gasteiger partial charge in [0.25, 0.3) is 5.91 Å². The minimum atomic E-state index is 0.0320. The molecule has 26 heavy (non-hydrogen) atoms. The van der Waals surface area contributed by atoms with E-state index in [1.165, 1.54) is 5.56 Å². The number of hydrogen-bond donors (Lipinski definition) is 1. The molecule has 0 spiro atoms. The first kappa shape index (κ1) is 18.4. The van der Waals surface area contributed by atoms with Crippen LogP contribution in [0.2, 0.25) is 0 Å². The largest absolute Gasteiger partial charge is 0.354 e. The molecule has 1 N–H and O–H groups in total. The summed E-state index contributed by atoms with van der Waals surface area (Å²) in [5, 5.41) is 3.44. The third kappa shape index (κ3) is 4.22. The normalized spacial score (nSPS) is 15.8. The molecule has 0 atom stereocenters. The van der Waals surface area contributed by atoms with Crippen molar-refractivity contribution in [2.24, 2.45) is 0 Å². The minimum absolute atomic E-state index is 0.0320. The zero-order chi connectivity index (χ0) is 18.7. The van der Waals surface area contributed by atoms with Crippen molar-refractivity contribution in [3.63, 3.8) is 0 Å². The zero-order valence-electron chi connectivity index (χ0n) is 16.1. The Bertz CT molecular complexity index is 774. The van der Waals surface area contributed by atoms with Gasteiger partial charge in [-0.3, -0.25) is 9.78 Å². The quantitative estimate of drug-likeness (QED) is 0.918. The number of carbonyl (C=O) groups is 1. The number of nitrogens with zero attached hydrogens (tertiary/aromatic N) is 3. The number of carbonyl (C=O) groups excluding carboxylic acids is 1. The number of aromatic nitrogens is 1. The van der Waals surface area contributed by atoms with Crippen molar-refractivity contribution >= 4 is 17.3 Å². The Hall–Kier alpha value is -2.40. The molecule has 1 fully saturated rings. The van der Waals surface area contributed by atoms with Crippen LogP contribution in [0.25, 0.3) is 0 Å². The fourth-order valence-electron chi connectivity index (χ4n) is 3.22. The molecule has 3 rings (SSSR count). The van der Waals surface area contributed by atoms with Crippen LogP contribution >= 0.6 is 0 Å². The van der Waals surface area contributed by atoms with Gasteiger partial charge < -0.3 is 15.1 Å². The van der Waals surface area contributed by atoms with Gasteiger partial charge >= 0.3 is 0 Å². The maximum atomic E-state index is 12.8. The van der Waals surface area contributed by atoms with Gasteiger partial charge in [0.15, 0.2) is 0 Å². The molecule has 1 aliphatic rings. The van der Waals surface area contributed by atoms with Crippen molar-refractivity contribution in [2.75, 3.05) is 38.5 Å². The number of likely N-dealkylation sites (N-methyl/N-ethyl adjacent to an activating group) is 1. The average Bonchev–Trinajstić information content (AvgIpc) is 2.61. The smallest absolute Gasteiger partial charge is 0.255 e. The molecule has 2 heterocycles. The zero-order valence-corrected chi connectivity index (χ0v) is 16.1. The van der Waals surface area contributed by atoms with E-state index in [0.29, 0.717) is 5.56 Å². The van der Waals surface area contributed by atoms with Crippen molar-refractivity contribution in [1.82, 2.24) is 14.8 Å². The van der Waals surface area contributed by atoms with Crippen LogP contribution in [0.5, 0.6) is 0 Å². The van der Waals surface area contributed by atoms with Gasteiger partial charge in [0.05, 0.1) is 17.4 Å². The lowest BCUT2D eigenvalue weighted by Crippen LogP contribution is -2.47. The minimum Gasteiger partial charge on any atom is -0.354 e. The maximum absolute atomic E-state index is 12.8. The lowest BCUT2D eigenvalue weighted by Gasteiger charge is -2.32. The molecular formula is C21H28N4O. The number of pyridine rings is 1. The maximum Gasteiger partial charge on any atom is 0.255 e. The van der Waals surface area contributed by atoms with Gasteiger partial charge in [-0.25, -0.2) is 0 Å². The fraction of sp³-hybridized carbons (Fsp3) is 0.429. The molecule has 5 nitrogen and oxygen atoms in total. The van der Waals surface area contributed by atoms with E-state index in [-0.39, 0.29) is 11.3 Å². The number of rotatable bonds is 3. The highest BCUT2D eigenvalue weighted by atomic mass is 16.2. The van der Waals surface area contributed by atoms with E-state index in [2.05, 4.69) is 61.2 Å². The van der Waals surface area contributed by atoms with Gasteiger partial charge in [0.1, 0.15) is 0 Å². The van der Waals surface area contributed by atoms with Crippen LogP contribution in [0.15, 0.2) is 42.7 Å². The van der Waals surface area contributed by atoms with Gasteiger partial charge in [-0.05, 0) is 30.2 Å². The van der Waals surface area contributed by atoms with E-state index >= 15 is 0 Å². The summed E-state index contributed by atoms with van der Waals surface area (Å²) in [6.45, 7) is 9.93. The monoisotopic (exact) mass is 352 g/mol. The second-order valence-electron chi connectivity index (χ2n) is 7.98. The summed E-state index contributed by atoms with van der Waals surface area (Å²) in [6.07, 6.45) is 3.42. The summed E-state index contributed by atoms with van der Waals surface area (Å²) >= 11 is 0. The van der Waals surface area contributed by atoms with Crippen LogP contribution in [0.3, 0.4) is 0 Å².